The number of benzene rings is 1. The number of aliphatic hydroxyl groups is 1. The fourth-order valence-corrected chi connectivity index (χ4v) is 2.04. The second-order valence-electron chi connectivity index (χ2n) is 4.74. The van der Waals surface area contributed by atoms with E-state index in [4.69, 9.17) is 0 Å². The molecule has 0 amide bonds. The molecule has 1 unspecified atom stereocenters. The Balaban J connectivity index is 3.13. The van der Waals surface area contributed by atoms with Gasteiger partial charge in [-0.3, -0.25) is 0 Å². The topological polar surface area (TPSA) is 32.3 Å². The number of hydrogen-bond acceptors (Lipinski definition) is 2. The van der Waals surface area contributed by atoms with Gasteiger partial charge < -0.3 is 10.4 Å². The minimum atomic E-state index is -0.755. The quantitative estimate of drug-likeness (QED) is 0.797. The van der Waals surface area contributed by atoms with Gasteiger partial charge in [0.25, 0.3) is 0 Å². The van der Waals surface area contributed by atoms with Gasteiger partial charge in [0, 0.05) is 0 Å². The standard InChI is InChI=1S/C13H21NO/c1-9-6-7-11(10(2)8-9)12(14-5)13(3,4)15/h6-8,12,14-15H,1-5H3. The zero-order valence-electron chi connectivity index (χ0n) is 10.3. The molecule has 0 aromatic heterocycles. The van der Waals surface area contributed by atoms with Crippen LogP contribution in [-0.4, -0.2) is 17.8 Å². The number of rotatable bonds is 3. The summed E-state index contributed by atoms with van der Waals surface area (Å²) in [6.45, 7) is 7.81. The number of nitrogens with one attached hydrogen (secondary N) is 1. The van der Waals surface area contributed by atoms with Gasteiger partial charge in [-0.25, -0.2) is 0 Å². The van der Waals surface area contributed by atoms with E-state index in [9.17, 15) is 5.11 Å². The third kappa shape index (κ3) is 2.80. The van der Waals surface area contributed by atoms with Crippen LogP contribution < -0.4 is 5.32 Å². The zero-order chi connectivity index (χ0) is 11.6. The lowest BCUT2D eigenvalue weighted by Gasteiger charge is -2.30. The van der Waals surface area contributed by atoms with Crippen LogP contribution in [0, 0.1) is 13.8 Å². The highest BCUT2D eigenvalue weighted by Gasteiger charge is 2.27. The summed E-state index contributed by atoms with van der Waals surface area (Å²) in [6.07, 6.45) is 0. The summed E-state index contributed by atoms with van der Waals surface area (Å²) in [5.41, 5.74) is 2.88. The van der Waals surface area contributed by atoms with E-state index in [0.717, 1.165) is 5.56 Å². The molecule has 2 N–H and O–H groups in total. The lowest BCUT2D eigenvalue weighted by atomic mass is 9.89. The Morgan fingerprint density at radius 1 is 1.27 bits per heavy atom. The molecule has 0 aliphatic rings. The average Bonchev–Trinajstić information content (AvgIpc) is 2.07. The van der Waals surface area contributed by atoms with E-state index < -0.39 is 5.60 Å². The summed E-state index contributed by atoms with van der Waals surface area (Å²) in [4.78, 5) is 0. The highest BCUT2D eigenvalue weighted by molar-refractivity contribution is 5.34. The predicted molar refractivity (Wildman–Crippen MR) is 64.0 cm³/mol. The normalized spacial score (nSPS) is 14.0. The maximum atomic E-state index is 10.1. The van der Waals surface area contributed by atoms with E-state index in [1.165, 1.54) is 11.1 Å². The molecule has 0 radical (unpaired) electrons. The van der Waals surface area contributed by atoms with E-state index in [2.05, 4.69) is 37.4 Å². The number of aryl methyl sites for hydroxylation is 2. The Labute approximate surface area is 92.3 Å². The smallest absolute Gasteiger partial charge is 0.0785 e. The first-order valence-corrected chi connectivity index (χ1v) is 5.33. The molecule has 1 aromatic carbocycles. The van der Waals surface area contributed by atoms with Crippen LogP contribution in [0.25, 0.3) is 0 Å². The SMILES string of the molecule is CNC(c1ccc(C)cc1C)C(C)(C)O. The number of likely N-dealkylation sites (N-methyl/N-ethyl adjacent to an activating group) is 1. The van der Waals surface area contributed by atoms with Crippen LogP contribution in [0.3, 0.4) is 0 Å². The summed E-state index contributed by atoms with van der Waals surface area (Å²) < 4.78 is 0. The summed E-state index contributed by atoms with van der Waals surface area (Å²) in [6, 6.07) is 6.28. The highest BCUT2D eigenvalue weighted by atomic mass is 16.3. The van der Waals surface area contributed by atoms with E-state index in [-0.39, 0.29) is 6.04 Å². The number of hydrogen-bond donors (Lipinski definition) is 2. The average molecular weight is 207 g/mol. The monoisotopic (exact) mass is 207 g/mol. The van der Waals surface area contributed by atoms with Crippen molar-refractivity contribution in [1.82, 2.24) is 5.32 Å². The predicted octanol–water partition coefficient (Wildman–Crippen LogP) is 2.33. The molecule has 1 aromatic rings. The van der Waals surface area contributed by atoms with Gasteiger partial charge in [0.05, 0.1) is 11.6 Å². The minimum Gasteiger partial charge on any atom is -0.388 e. The summed E-state index contributed by atoms with van der Waals surface area (Å²) in [7, 11) is 1.88. The summed E-state index contributed by atoms with van der Waals surface area (Å²) in [5, 5.41) is 13.2. The maximum absolute atomic E-state index is 10.1. The van der Waals surface area contributed by atoms with Gasteiger partial charge in [-0.1, -0.05) is 23.8 Å². The molecule has 2 heteroatoms. The van der Waals surface area contributed by atoms with Crippen molar-refractivity contribution in [2.45, 2.75) is 39.3 Å². The molecular formula is C13H21NO. The van der Waals surface area contributed by atoms with Crippen molar-refractivity contribution in [2.24, 2.45) is 0 Å². The first-order valence-electron chi connectivity index (χ1n) is 5.33. The lowest BCUT2D eigenvalue weighted by Crippen LogP contribution is -2.37. The van der Waals surface area contributed by atoms with E-state index in [0.29, 0.717) is 0 Å². The van der Waals surface area contributed by atoms with Gasteiger partial charge in [-0.05, 0) is 45.9 Å². The molecule has 0 bridgehead atoms. The van der Waals surface area contributed by atoms with Crippen molar-refractivity contribution in [3.8, 4) is 0 Å². The molecule has 0 saturated heterocycles. The molecule has 0 saturated carbocycles. The van der Waals surface area contributed by atoms with Gasteiger partial charge in [-0.15, -0.1) is 0 Å². The Bertz CT molecular complexity index is 339. The van der Waals surface area contributed by atoms with Crippen LogP contribution in [0.5, 0.6) is 0 Å². The molecule has 15 heavy (non-hydrogen) atoms. The van der Waals surface area contributed by atoms with Crippen LogP contribution in [-0.2, 0) is 0 Å². The van der Waals surface area contributed by atoms with Crippen molar-refractivity contribution >= 4 is 0 Å². The Morgan fingerprint density at radius 3 is 2.27 bits per heavy atom. The van der Waals surface area contributed by atoms with Crippen molar-refractivity contribution in [2.75, 3.05) is 7.05 Å². The third-order valence-corrected chi connectivity index (χ3v) is 2.73. The largest absolute Gasteiger partial charge is 0.388 e. The molecule has 0 aliphatic heterocycles. The summed E-state index contributed by atoms with van der Waals surface area (Å²) >= 11 is 0. The molecule has 0 fully saturated rings. The van der Waals surface area contributed by atoms with Gasteiger partial charge in [0.15, 0.2) is 0 Å². The third-order valence-electron chi connectivity index (χ3n) is 2.73. The molecular weight excluding hydrogens is 186 g/mol. The van der Waals surface area contributed by atoms with E-state index in [1.807, 2.05) is 20.9 Å². The minimum absolute atomic E-state index is 0.0295. The van der Waals surface area contributed by atoms with Crippen LogP contribution in [0.15, 0.2) is 18.2 Å². The Morgan fingerprint density at radius 2 is 1.87 bits per heavy atom. The molecule has 1 rings (SSSR count). The van der Waals surface area contributed by atoms with Crippen molar-refractivity contribution < 1.29 is 5.11 Å². The van der Waals surface area contributed by atoms with Crippen LogP contribution >= 0.6 is 0 Å². The fraction of sp³-hybridized carbons (Fsp3) is 0.538. The van der Waals surface area contributed by atoms with Crippen molar-refractivity contribution in [3.05, 3.63) is 34.9 Å². The second-order valence-corrected chi connectivity index (χ2v) is 4.74. The maximum Gasteiger partial charge on any atom is 0.0785 e. The van der Waals surface area contributed by atoms with Gasteiger partial charge in [0.1, 0.15) is 0 Å². The van der Waals surface area contributed by atoms with Crippen molar-refractivity contribution in [3.63, 3.8) is 0 Å². The Kier molecular flexibility index (Phi) is 3.53. The molecule has 0 heterocycles. The lowest BCUT2D eigenvalue weighted by molar-refractivity contribution is 0.0398. The zero-order valence-corrected chi connectivity index (χ0v) is 10.3. The fourth-order valence-electron chi connectivity index (χ4n) is 2.04. The molecule has 2 nitrogen and oxygen atoms in total. The molecule has 0 aliphatic carbocycles. The Hall–Kier alpha value is -0.860. The van der Waals surface area contributed by atoms with E-state index in [1.54, 1.807) is 0 Å². The second kappa shape index (κ2) is 4.33. The van der Waals surface area contributed by atoms with Gasteiger partial charge >= 0.3 is 0 Å². The van der Waals surface area contributed by atoms with Gasteiger partial charge in [-0.2, -0.15) is 0 Å². The van der Waals surface area contributed by atoms with Crippen LogP contribution in [0.4, 0.5) is 0 Å². The van der Waals surface area contributed by atoms with Crippen LogP contribution in [0.1, 0.15) is 36.6 Å². The van der Waals surface area contributed by atoms with Crippen LogP contribution in [0.2, 0.25) is 0 Å². The van der Waals surface area contributed by atoms with Crippen molar-refractivity contribution in [1.29, 1.82) is 0 Å². The molecule has 84 valence electrons. The molecule has 0 spiro atoms. The summed E-state index contributed by atoms with van der Waals surface area (Å²) in [5.74, 6) is 0. The van der Waals surface area contributed by atoms with E-state index >= 15 is 0 Å². The van der Waals surface area contributed by atoms with Gasteiger partial charge in [0.2, 0.25) is 0 Å². The first kappa shape index (κ1) is 12.2. The highest BCUT2D eigenvalue weighted by Crippen LogP contribution is 2.27. The first-order chi connectivity index (χ1) is 6.86. The molecule has 1 atom stereocenters.